The summed E-state index contributed by atoms with van der Waals surface area (Å²) in [5, 5.41) is 0. The van der Waals surface area contributed by atoms with Crippen LogP contribution in [0, 0.1) is 11.8 Å². The third kappa shape index (κ3) is 6.06. The van der Waals surface area contributed by atoms with E-state index >= 15 is 0 Å². The van der Waals surface area contributed by atoms with Crippen LogP contribution in [-0.4, -0.2) is 18.2 Å². The largest absolute Gasteiger partial charge is 0.459 e. The molecule has 0 spiro atoms. The molecule has 6 heteroatoms. The van der Waals surface area contributed by atoms with E-state index in [2.05, 4.69) is 6.92 Å². The summed E-state index contributed by atoms with van der Waals surface area (Å²) >= 11 is 0. The maximum absolute atomic E-state index is 13.1. The molecule has 1 aromatic rings. The van der Waals surface area contributed by atoms with E-state index in [1.54, 1.807) is 12.1 Å². The van der Waals surface area contributed by atoms with Gasteiger partial charge in [0.1, 0.15) is 6.10 Å². The molecule has 0 heterocycles. The highest BCUT2D eigenvalue weighted by Crippen LogP contribution is 2.36. The zero-order valence-corrected chi connectivity index (χ0v) is 16.7. The smallest absolute Gasteiger partial charge is 0.442 e. The fourth-order valence-corrected chi connectivity index (χ4v) is 4.38. The number of alkyl halides is 3. The second-order valence-electron chi connectivity index (χ2n) is 8.53. The van der Waals surface area contributed by atoms with Gasteiger partial charge in [0.25, 0.3) is 0 Å². The van der Waals surface area contributed by atoms with Gasteiger partial charge >= 0.3 is 12.1 Å². The van der Waals surface area contributed by atoms with Crippen molar-refractivity contribution in [1.29, 1.82) is 0 Å². The number of allylic oxidation sites excluding steroid dienone is 2. The van der Waals surface area contributed by atoms with Crippen molar-refractivity contribution in [3.63, 3.8) is 0 Å². The maximum atomic E-state index is 13.1. The summed E-state index contributed by atoms with van der Waals surface area (Å²) in [6.07, 6.45) is 1.86. The van der Waals surface area contributed by atoms with Crippen LogP contribution in [0.4, 0.5) is 17.6 Å². The Morgan fingerprint density at radius 2 is 1.55 bits per heavy atom. The van der Waals surface area contributed by atoms with Crippen LogP contribution in [0.5, 0.6) is 0 Å². The molecule has 2 saturated carbocycles. The van der Waals surface area contributed by atoms with E-state index in [9.17, 15) is 22.4 Å². The van der Waals surface area contributed by atoms with E-state index < -0.39 is 23.9 Å². The van der Waals surface area contributed by atoms with Gasteiger partial charge in [-0.2, -0.15) is 13.2 Å². The highest BCUT2D eigenvalue weighted by atomic mass is 19.4. The summed E-state index contributed by atoms with van der Waals surface area (Å²) in [6.45, 7) is 2.28. The molecule has 0 bridgehead atoms. The lowest BCUT2D eigenvalue weighted by molar-refractivity contribution is -0.109. The van der Waals surface area contributed by atoms with Crippen molar-refractivity contribution in [3.8, 4) is 0 Å². The minimum atomic E-state index is -4.93. The highest BCUT2D eigenvalue weighted by Gasteiger charge is 2.35. The Hall–Kier alpha value is -1.85. The van der Waals surface area contributed by atoms with Gasteiger partial charge in [-0.1, -0.05) is 31.9 Å². The zero-order chi connectivity index (χ0) is 21.0. The molecule has 0 unspecified atom stereocenters. The Labute approximate surface area is 169 Å². The van der Waals surface area contributed by atoms with Gasteiger partial charge in [-0.15, -0.1) is 0 Å². The molecule has 2 aliphatic carbocycles. The quantitative estimate of drug-likeness (QED) is 0.389. The third-order valence-corrected chi connectivity index (χ3v) is 6.28. The molecule has 1 aromatic carbocycles. The third-order valence-electron chi connectivity index (χ3n) is 6.28. The molecule has 0 amide bonds. The first-order valence-corrected chi connectivity index (χ1v) is 10.5. The first kappa shape index (κ1) is 21.8. The van der Waals surface area contributed by atoms with Gasteiger partial charge in [0.05, 0.1) is 5.56 Å². The molecule has 0 N–H and O–H groups in total. The number of halogens is 4. The Balaban J connectivity index is 1.48. The van der Waals surface area contributed by atoms with Crippen LogP contribution in [-0.2, 0) is 4.74 Å². The molecular weight excluding hydrogens is 384 g/mol. The summed E-state index contributed by atoms with van der Waals surface area (Å²) in [5.41, 5.74) is 1.75. The van der Waals surface area contributed by atoms with Crippen LogP contribution in [0.2, 0.25) is 0 Å². The van der Waals surface area contributed by atoms with Gasteiger partial charge in [0.2, 0.25) is 0 Å². The SMILES string of the molecule is CC1CCC(c2ccc(C(=O)OC3CCC(C=C(F)C(F)(F)F)CC3)cc2)CC1. The monoisotopic (exact) mass is 412 g/mol. The second-order valence-corrected chi connectivity index (χ2v) is 8.53. The second kappa shape index (κ2) is 9.31. The van der Waals surface area contributed by atoms with Gasteiger partial charge in [-0.25, -0.2) is 9.18 Å². The summed E-state index contributed by atoms with van der Waals surface area (Å²) in [7, 11) is 0. The van der Waals surface area contributed by atoms with Crippen molar-refractivity contribution in [2.75, 3.05) is 0 Å². The van der Waals surface area contributed by atoms with Gasteiger partial charge < -0.3 is 4.74 Å². The van der Waals surface area contributed by atoms with Crippen LogP contribution in [0.1, 0.15) is 80.1 Å². The minimum Gasteiger partial charge on any atom is -0.459 e. The normalized spacial score (nSPS) is 28.8. The topological polar surface area (TPSA) is 26.3 Å². The van der Waals surface area contributed by atoms with Crippen molar-refractivity contribution >= 4 is 5.97 Å². The lowest BCUT2D eigenvalue weighted by atomic mass is 9.79. The lowest BCUT2D eigenvalue weighted by Crippen LogP contribution is -2.24. The number of carbonyl (C=O) groups excluding carboxylic acids is 1. The standard InChI is InChI=1S/C23H28F4O2/c1-15-2-6-17(7-3-15)18-8-10-19(11-9-18)22(28)29-20-12-4-16(5-13-20)14-21(24)23(25,26)27/h8-11,14-17,20H,2-7,12-13H2,1H3. The van der Waals surface area contributed by atoms with Gasteiger partial charge in [-0.05, 0) is 80.1 Å². The van der Waals surface area contributed by atoms with Crippen LogP contribution >= 0.6 is 0 Å². The molecule has 160 valence electrons. The average molecular weight is 412 g/mol. The van der Waals surface area contributed by atoms with Crippen molar-refractivity contribution in [2.45, 2.75) is 76.5 Å². The van der Waals surface area contributed by atoms with Crippen molar-refractivity contribution in [1.82, 2.24) is 0 Å². The van der Waals surface area contributed by atoms with Crippen molar-refractivity contribution < 1.29 is 27.1 Å². The molecular formula is C23H28F4O2. The van der Waals surface area contributed by atoms with E-state index in [0.29, 0.717) is 43.2 Å². The number of hydrogen-bond donors (Lipinski definition) is 0. The Morgan fingerprint density at radius 3 is 2.10 bits per heavy atom. The first-order valence-electron chi connectivity index (χ1n) is 10.5. The molecule has 0 aromatic heterocycles. The van der Waals surface area contributed by atoms with Crippen LogP contribution in [0.3, 0.4) is 0 Å². The van der Waals surface area contributed by atoms with Gasteiger partial charge in [0.15, 0.2) is 5.83 Å². The Bertz CT molecular complexity index is 707. The number of hydrogen-bond acceptors (Lipinski definition) is 2. The van der Waals surface area contributed by atoms with Crippen LogP contribution < -0.4 is 0 Å². The van der Waals surface area contributed by atoms with E-state index in [0.717, 1.165) is 5.92 Å². The van der Waals surface area contributed by atoms with E-state index in [4.69, 9.17) is 4.74 Å². The fourth-order valence-electron chi connectivity index (χ4n) is 4.38. The lowest BCUT2D eigenvalue weighted by Gasteiger charge is -2.27. The van der Waals surface area contributed by atoms with Gasteiger partial charge in [0, 0.05) is 0 Å². The predicted molar refractivity (Wildman–Crippen MR) is 103 cm³/mol. The summed E-state index contributed by atoms with van der Waals surface area (Å²) in [6, 6.07) is 7.59. The summed E-state index contributed by atoms with van der Waals surface area (Å²) < 4.78 is 55.5. The summed E-state index contributed by atoms with van der Waals surface area (Å²) in [5.74, 6) is -1.57. The van der Waals surface area contributed by atoms with Crippen molar-refractivity contribution in [3.05, 3.63) is 47.3 Å². The maximum Gasteiger partial charge on any atom is 0.442 e. The Kier molecular flexibility index (Phi) is 7.01. The molecule has 0 atom stereocenters. The molecule has 29 heavy (non-hydrogen) atoms. The molecule has 2 nitrogen and oxygen atoms in total. The predicted octanol–water partition coefficient (Wildman–Crippen LogP) is 7.11. The first-order chi connectivity index (χ1) is 13.7. The number of benzene rings is 1. The van der Waals surface area contributed by atoms with E-state index in [1.807, 2.05) is 12.1 Å². The molecule has 0 saturated heterocycles. The summed E-state index contributed by atoms with van der Waals surface area (Å²) in [4.78, 5) is 12.4. The minimum absolute atomic E-state index is 0.333. The average Bonchev–Trinajstić information content (AvgIpc) is 2.69. The van der Waals surface area contributed by atoms with E-state index in [1.165, 1.54) is 31.2 Å². The number of ether oxygens (including phenoxy) is 1. The fraction of sp³-hybridized carbons (Fsp3) is 0.609. The number of carbonyl (C=O) groups is 1. The number of esters is 1. The Morgan fingerprint density at radius 1 is 0.966 bits per heavy atom. The molecule has 3 rings (SSSR count). The molecule has 2 aliphatic rings. The van der Waals surface area contributed by atoms with Crippen LogP contribution in [0.15, 0.2) is 36.2 Å². The van der Waals surface area contributed by atoms with Gasteiger partial charge in [-0.3, -0.25) is 0 Å². The van der Waals surface area contributed by atoms with E-state index in [-0.39, 0.29) is 6.10 Å². The van der Waals surface area contributed by atoms with Crippen molar-refractivity contribution in [2.24, 2.45) is 11.8 Å². The van der Waals surface area contributed by atoms with Crippen LogP contribution in [0.25, 0.3) is 0 Å². The zero-order valence-electron chi connectivity index (χ0n) is 16.7. The highest BCUT2D eigenvalue weighted by molar-refractivity contribution is 5.89. The number of rotatable bonds is 4. The molecule has 0 aliphatic heterocycles. The molecule has 2 fully saturated rings. The molecule has 0 radical (unpaired) electrons.